The molecule has 2 aromatic carbocycles. The van der Waals surface area contributed by atoms with Crippen molar-refractivity contribution >= 4 is 23.2 Å². The fraction of sp³-hybridized carbons (Fsp3) is 0.227. The van der Waals surface area contributed by atoms with Crippen LogP contribution in [0.5, 0.6) is 11.5 Å². The third-order valence-corrected chi connectivity index (χ3v) is 4.70. The van der Waals surface area contributed by atoms with Crippen LogP contribution in [0.1, 0.15) is 12.8 Å². The molecule has 8 heteroatoms. The van der Waals surface area contributed by atoms with Crippen molar-refractivity contribution in [2.24, 2.45) is 0 Å². The molecule has 0 saturated carbocycles. The van der Waals surface area contributed by atoms with Crippen molar-refractivity contribution in [3.05, 3.63) is 70.0 Å². The molecule has 1 heterocycles. The van der Waals surface area contributed by atoms with Gasteiger partial charge in [0.15, 0.2) is 0 Å². The van der Waals surface area contributed by atoms with Gasteiger partial charge in [-0.3, -0.25) is 9.59 Å². The van der Waals surface area contributed by atoms with Crippen molar-refractivity contribution in [1.82, 2.24) is 9.78 Å². The van der Waals surface area contributed by atoms with E-state index in [1.165, 1.54) is 17.9 Å². The molecule has 7 nitrogen and oxygen atoms in total. The Balaban J connectivity index is 1.62. The minimum Gasteiger partial charge on any atom is -0.497 e. The fourth-order valence-corrected chi connectivity index (χ4v) is 3.08. The van der Waals surface area contributed by atoms with Crippen molar-refractivity contribution in [1.29, 1.82) is 0 Å². The normalized spacial score (nSPS) is 10.5. The van der Waals surface area contributed by atoms with Gasteiger partial charge in [0.1, 0.15) is 11.5 Å². The van der Waals surface area contributed by atoms with Gasteiger partial charge in [0.2, 0.25) is 5.91 Å². The topological polar surface area (TPSA) is 82.5 Å². The van der Waals surface area contributed by atoms with Crippen LogP contribution in [0.2, 0.25) is 5.02 Å². The second-order valence-corrected chi connectivity index (χ2v) is 6.94. The van der Waals surface area contributed by atoms with Crippen LogP contribution in [0.4, 0.5) is 5.69 Å². The molecule has 0 aliphatic heterocycles. The molecule has 0 aliphatic carbocycles. The number of rotatable bonds is 8. The van der Waals surface area contributed by atoms with E-state index in [9.17, 15) is 9.59 Å². The minimum atomic E-state index is -0.218. The van der Waals surface area contributed by atoms with Crippen molar-refractivity contribution in [2.45, 2.75) is 19.4 Å². The second-order valence-electron chi connectivity index (χ2n) is 6.50. The summed E-state index contributed by atoms with van der Waals surface area (Å²) in [5.41, 5.74) is 1.83. The highest BCUT2D eigenvalue weighted by Gasteiger charge is 2.09. The first-order valence-corrected chi connectivity index (χ1v) is 9.74. The largest absolute Gasteiger partial charge is 0.497 e. The molecule has 0 radical (unpaired) electrons. The highest BCUT2D eigenvalue weighted by molar-refractivity contribution is 6.31. The average Bonchev–Trinajstić information content (AvgIpc) is 2.75. The number of anilines is 1. The monoisotopic (exact) mass is 427 g/mol. The van der Waals surface area contributed by atoms with Gasteiger partial charge in [-0.1, -0.05) is 11.6 Å². The Labute approximate surface area is 179 Å². The highest BCUT2D eigenvalue weighted by atomic mass is 35.5. The molecule has 156 valence electrons. The number of amides is 1. The van der Waals surface area contributed by atoms with E-state index < -0.39 is 0 Å². The van der Waals surface area contributed by atoms with Crippen LogP contribution in [0.15, 0.2) is 59.4 Å². The molecule has 0 unspecified atom stereocenters. The first-order valence-electron chi connectivity index (χ1n) is 9.36. The molecule has 1 N–H and O–H groups in total. The lowest BCUT2D eigenvalue weighted by Gasteiger charge is -2.11. The molecular formula is C22H22ClN3O4. The number of halogens is 1. The minimum absolute atomic E-state index is 0.199. The Bertz CT molecular complexity index is 1080. The number of ether oxygens (including phenoxy) is 2. The molecule has 3 rings (SSSR count). The molecule has 1 aromatic heterocycles. The molecule has 3 aromatic rings. The smallest absolute Gasteiger partial charge is 0.266 e. The van der Waals surface area contributed by atoms with E-state index in [2.05, 4.69) is 10.4 Å². The van der Waals surface area contributed by atoms with E-state index in [4.69, 9.17) is 21.1 Å². The van der Waals surface area contributed by atoms with Crippen LogP contribution >= 0.6 is 11.6 Å². The predicted molar refractivity (Wildman–Crippen MR) is 116 cm³/mol. The molecule has 0 atom stereocenters. The lowest BCUT2D eigenvalue weighted by molar-refractivity contribution is -0.116. The molecule has 0 saturated heterocycles. The lowest BCUT2D eigenvalue weighted by Crippen LogP contribution is -2.23. The number of nitrogens with zero attached hydrogens (tertiary/aromatic N) is 2. The van der Waals surface area contributed by atoms with E-state index >= 15 is 0 Å². The van der Waals surface area contributed by atoms with Crippen molar-refractivity contribution in [3.63, 3.8) is 0 Å². The summed E-state index contributed by atoms with van der Waals surface area (Å²) in [6, 6.07) is 15.6. The summed E-state index contributed by atoms with van der Waals surface area (Å²) >= 11 is 5.98. The Morgan fingerprint density at radius 3 is 2.53 bits per heavy atom. The predicted octanol–water partition coefficient (Wildman–Crippen LogP) is 4.00. The molecule has 0 aliphatic rings. The molecular weight excluding hydrogens is 406 g/mol. The third kappa shape index (κ3) is 5.39. The van der Waals surface area contributed by atoms with Gasteiger partial charge >= 0.3 is 0 Å². The standard InChI is InChI=1S/C22H22ClN3O4/c1-29-17-8-5-15(6-9-17)18-10-12-22(28)26(25-18)13-3-4-21(27)24-19-14-16(23)7-11-20(19)30-2/h5-12,14H,3-4,13H2,1-2H3,(H,24,27). The molecule has 0 spiro atoms. The van der Waals surface area contributed by atoms with Gasteiger partial charge in [-0.25, -0.2) is 4.68 Å². The third-order valence-electron chi connectivity index (χ3n) is 4.46. The maximum atomic E-state index is 12.3. The van der Waals surface area contributed by atoms with E-state index in [0.717, 1.165) is 11.3 Å². The number of methoxy groups -OCH3 is 2. The summed E-state index contributed by atoms with van der Waals surface area (Å²) in [4.78, 5) is 24.4. The zero-order valence-corrected chi connectivity index (χ0v) is 17.5. The lowest BCUT2D eigenvalue weighted by atomic mass is 10.1. The second kappa shape index (κ2) is 9.93. The molecule has 1 amide bonds. The molecule has 30 heavy (non-hydrogen) atoms. The first-order chi connectivity index (χ1) is 14.5. The Morgan fingerprint density at radius 2 is 1.83 bits per heavy atom. The number of hydrogen-bond donors (Lipinski definition) is 1. The number of carbonyl (C=O) groups excluding carboxylic acids is 1. The van der Waals surface area contributed by atoms with Crippen molar-refractivity contribution in [2.75, 3.05) is 19.5 Å². The number of aromatic nitrogens is 2. The van der Waals surface area contributed by atoms with Gasteiger partial charge in [0.05, 0.1) is 25.6 Å². The van der Waals surface area contributed by atoms with E-state index in [-0.39, 0.29) is 17.9 Å². The van der Waals surface area contributed by atoms with E-state index in [1.807, 2.05) is 24.3 Å². The summed E-state index contributed by atoms with van der Waals surface area (Å²) in [5, 5.41) is 7.69. The summed E-state index contributed by atoms with van der Waals surface area (Å²) < 4.78 is 11.8. The van der Waals surface area contributed by atoms with Crippen LogP contribution in [0.3, 0.4) is 0 Å². The van der Waals surface area contributed by atoms with Gasteiger partial charge < -0.3 is 14.8 Å². The van der Waals surface area contributed by atoms with E-state index in [0.29, 0.717) is 35.1 Å². The number of hydrogen-bond acceptors (Lipinski definition) is 5. The Morgan fingerprint density at radius 1 is 1.07 bits per heavy atom. The summed E-state index contributed by atoms with van der Waals surface area (Å²) in [5.74, 6) is 1.07. The molecule has 0 bridgehead atoms. The van der Waals surface area contributed by atoms with Crippen LogP contribution in [-0.2, 0) is 11.3 Å². The fourth-order valence-electron chi connectivity index (χ4n) is 2.90. The maximum absolute atomic E-state index is 12.3. The maximum Gasteiger partial charge on any atom is 0.266 e. The van der Waals surface area contributed by atoms with Gasteiger partial charge in [-0.2, -0.15) is 5.10 Å². The quantitative estimate of drug-likeness (QED) is 0.587. The Kier molecular flexibility index (Phi) is 7.08. The van der Waals surface area contributed by atoms with Crippen molar-refractivity contribution < 1.29 is 14.3 Å². The van der Waals surface area contributed by atoms with Gasteiger partial charge in [-0.15, -0.1) is 0 Å². The zero-order chi connectivity index (χ0) is 21.5. The van der Waals surface area contributed by atoms with Gasteiger partial charge in [0.25, 0.3) is 5.56 Å². The first kappa shape index (κ1) is 21.4. The van der Waals surface area contributed by atoms with Crippen molar-refractivity contribution in [3.8, 4) is 22.8 Å². The number of nitrogens with one attached hydrogen (secondary N) is 1. The number of carbonyl (C=O) groups is 1. The van der Waals surface area contributed by atoms with Crippen LogP contribution in [0, 0.1) is 0 Å². The van der Waals surface area contributed by atoms with Crippen LogP contribution in [-0.4, -0.2) is 29.9 Å². The van der Waals surface area contributed by atoms with Crippen LogP contribution in [0.25, 0.3) is 11.3 Å². The number of aryl methyl sites for hydroxylation is 1. The average molecular weight is 428 g/mol. The van der Waals surface area contributed by atoms with Crippen LogP contribution < -0.4 is 20.3 Å². The summed E-state index contributed by atoms with van der Waals surface area (Å²) in [6.45, 7) is 0.322. The van der Waals surface area contributed by atoms with Gasteiger partial charge in [-0.05, 0) is 55.0 Å². The van der Waals surface area contributed by atoms with Gasteiger partial charge in [0, 0.05) is 29.6 Å². The summed E-state index contributed by atoms with van der Waals surface area (Å²) in [7, 11) is 3.12. The highest BCUT2D eigenvalue weighted by Crippen LogP contribution is 2.27. The summed E-state index contributed by atoms with van der Waals surface area (Å²) in [6.07, 6.45) is 0.671. The van der Waals surface area contributed by atoms with E-state index in [1.54, 1.807) is 31.4 Å². The SMILES string of the molecule is COc1ccc(-c2ccc(=O)n(CCCC(=O)Nc3cc(Cl)ccc3OC)n2)cc1. The zero-order valence-electron chi connectivity index (χ0n) is 16.7. The molecule has 0 fully saturated rings. The number of benzene rings is 2. The Hall–Kier alpha value is -3.32.